The molecular weight excluding hydrogens is 358 g/mol. The molecule has 0 N–H and O–H groups in total. The highest BCUT2D eigenvalue weighted by Gasteiger charge is 2.53. The number of carbonyl (C=O) groups excluding carboxylic acids is 2. The van der Waals surface area contributed by atoms with Crippen molar-refractivity contribution in [3.63, 3.8) is 0 Å². The first-order valence-corrected chi connectivity index (χ1v) is 8.76. The summed E-state index contributed by atoms with van der Waals surface area (Å²) in [6.45, 7) is 1.63. The Labute approximate surface area is 156 Å². The van der Waals surface area contributed by atoms with Crippen LogP contribution >= 0.6 is 0 Å². The lowest BCUT2D eigenvalue weighted by Crippen LogP contribution is -2.68. The number of fused-ring (bicyclic) bond motifs is 1. The lowest BCUT2D eigenvalue weighted by Gasteiger charge is -2.47. The van der Waals surface area contributed by atoms with Crippen LogP contribution in [0.5, 0.6) is 11.5 Å². The molecule has 1 aromatic carbocycles. The normalized spacial score (nSPS) is 20.1. The van der Waals surface area contributed by atoms with Crippen molar-refractivity contribution in [2.24, 2.45) is 0 Å². The SMILES string of the molecule is CCOC(=O)N1CC(C)=C[C@@H]([B-]2(F)Oc3ccccc3O2)N1C(=O)OCC. The number of amides is 2. The van der Waals surface area contributed by atoms with E-state index in [4.69, 9.17) is 18.8 Å². The maximum absolute atomic E-state index is 15.8. The van der Waals surface area contributed by atoms with Crippen LogP contribution in [-0.2, 0) is 9.47 Å². The van der Waals surface area contributed by atoms with Crippen molar-refractivity contribution >= 4 is 19.0 Å². The molecule has 0 bridgehead atoms. The third-order valence-electron chi connectivity index (χ3n) is 4.16. The molecule has 2 amide bonds. The molecule has 8 nitrogen and oxygen atoms in total. The minimum absolute atomic E-state index is 0.0489. The number of ether oxygens (including phenoxy) is 2. The van der Waals surface area contributed by atoms with Crippen molar-refractivity contribution in [3.8, 4) is 11.5 Å². The van der Waals surface area contributed by atoms with Crippen LogP contribution in [0.2, 0.25) is 0 Å². The Hall–Kier alpha value is -2.91. The van der Waals surface area contributed by atoms with E-state index in [2.05, 4.69) is 0 Å². The van der Waals surface area contributed by atoms with E-state index < -0.39 is 25.0 Å². The maximum Gasteiger partial charge on any atom is 0.554 e. The molecule has 0 saturated carbocycles. The number of hydrogen-bond acceptors (Lipinski definition) is 6. The van der Waals surface area contributed by atoms with Crippen molar-refractivity contribution in [1.82, 2.24) is 10.0 Å². The summed E-state index contributed by atoms with van der Waals surface area (Å²) in [5.41, 5.74) is 0.649. The number of para-hydroxylation sites is 2. The van der Waals surface area contributed by atoms with Gasteiger partial charge in [-0.15, -0.1) is 0 Å². The largest absolute Gasteiger partial charge is 0.653 e. The fourth-order valence-electron chi connectivity index (χ4n) is 3.09. The van der Waals surface area contributed by atoms with E-state index in [9.17, 15) is 9.59 Å². The summed E-state index contributed by atoms with van der Waals surface area (Å²) in [6.07, 6.45) is -0.197. The topological polar surface area (TPSA) is 77.5 Å². The molecule has 2 aliphatic rings. The number of halogens is 1. The van der Waals surface area contributed by atoms with E-state index in [-0.39, 0.29) is 31.3 Å². The number of rotatable bonds is 3. The van der Waals surface area contributed by atoms with Gasteiger partial charge in [-0.3, -0.25) is 0 Å². The molecular formula is C17H21BFN2O6-. The number of benzene rings is 1. The first-order valence-electron chi connectivity index (χ1n) is 8.76. The lowest BCUT2D eigenvalue weighted by atomic mass is 9.70. The lowest BCUT2D eigenvalue weighted by molar-refractivity contribution is -0.0291. The second kappa shape index (κ2) is 7.38. The fraction of sp³-hybridized carbons (Fsp3) is 0.412. The maximum atomic E-state index is 15.8. The fourth-order valence-corrected chi connectivity index (χ4v) is 3.09. The standard InChI is InChI=1S/C17H21BFN2O6/c1-4-24-16(22)20-11-12(3)10-15(21(20)17(23)25-5-2)18(19)26-13-8-6-7-9-14(13)27-18/h6-10,15H,4-5,11H2,1-3H3/q-1/t15-/m0/s1. The molecule has 3 rings (SSSR count). The van der Waals surface area contributed by atoms with E-state index in [1.54, 1.807) is 45.0 Å². The molecule has 0 unspecified atom stereocenters. The summed E-state index contributed by atoms with van der Waals surface area (Å²) in [5.74, 6) is -0.888. The van der Waals surface area contributed by atoms with E-state index in [1.807, 2.05) is 0 Å². The van der Waals surface area contributed by atoms with Crippen LogP contribution in [0, 0.1) is 0 Å². The summed E-state index contributed by atoms with van der Waals surface area (Å²) < 4.78 is 36.7. The Kier molecular flexibility index (Phi) is 5.16. The monoisotopic (exact) mass is 379 g/mol. The zero-order valence-corrected chi connectivity index (χ0v) is 15.4. The Morgan fingerprint density at radius 1 is 1.15 bits per heavy atom. The molecule has 1 aromatic rings. The van der Waals surface area contributed by atoms with Crippen LogP contribution in [-0.4, -0.2) is 54.7 Å². The van der Waals surface area contributed by atoms with Gasteiger partial charge in [0.1, 0.15) is 11.5 Å². The van der Waals surface area contributed by atoms with Crippen LogP contribution in [0.25, 0.3) is 0 Å². The summed E-state index contributed by atoms with van der Waals surface area (Å²) >= 11 is 0. The van der Waals surface area contributed by atoms with E-state index in [1.165, 1.54) is 6.08 Å². The molecule has 0 aliphatic carbocycles. The Morgan fingerprint density at radius 2 is 1.70 bits per heavy atom. The van der Waals surface area contributed by atoms with Crippen molar-refractivity contribution in [1.29, 1.82) is 0 Å². The molecule has 1 atom stereocenters. The molecule has 2 aliphatic heterocycles. The third kappa shape index (κ3) is 3.51. The van der Waals surface area contributed by atoms with Crippen molar-refractivity contribution in [2.75, 3.05) is 19.8 Å². The van der Waals surface area contributed by atoms with Gasteiger partial charge in [-0.25, -0.2) is 19.6 Å². The van der Waals surface area contributed by atoms with Crippen LogP contribution < -0.4 is 9.31 Å². The van der Waals surface area contributed by atoms with Gasteiger partial charge in [0.2, 0.25) is 0 Å². The predicted octanol–water partition coefficient (Wildman–Crippen LogP) is 3.07. The molecule has 2 heterocycles. The van der Waals surface area contributed by atoms with Gasteiger partial charge in [-0.1, -0.05) is 23.8 Å². The highest BCUT2D eigenvalue weighted by atomic mass is 19.1. The summed E-state index contributed by atoms with van der Waals surface area (Å²) in [4.78, 5) is 24.9. The average molecular weight is 379 g/mol. The van der Waals surface area contributed by atoms with Crippen molar-refractivity contribution in [3.05, 3.63) is 35.9 Å². The minimum atomic E-state index is -3.53. The first-order chi connectivity index (χ1) is 12.9. The first kappa shape index (κ1) is 18.9. The van der Waals surface area contributed by atoms with E-state index >= 15 is 4.32 Å². The highest BCUT2D eigenvalue weighted by Crippen LogP contribution is 2.41. The quantitative estimate of drug-likeness (QED) is 0.594. The van der Waals surface area contributed by atoms with Crippen LogP contribution in [0.4, 0.5) is 13.9 Å². The Balaban J connectivity index is 1.99. The molecule has 146 valence electrons. The van der Waals surface area contributed by atoms with Crippen molar-refractivity contribution in [2.45, 2.75) is 26.7 Å². The molecule has 0 spiro atoms. The van der Waals surface area contributed by atoms with Gasteiger partial charge in [-0.05, 0) is 32.9 Å². The smallest absolute Gasteiger partial charge is 0.554 e. The number of carbonyl (C=O) groups is 2. The molecule has 27 heavy (non-hydrogen) atoms. The summed E-state index contributed by atoms with van der Waals surface area (Å²) in [5, 5.41) is 1.86. The molecule has 0 aromatic heterocycles. The van der Waals surface area contributed by atoms with Gasteiger partial charge in [0.05, 0.1) is 25.7 Å². The predicted molar refractivity (Wildman–Crippen MR) is 94.7 cm³/mol. The van der Waals surface area contributed by atoms with Gasteiger partial charge in [0.25, 0.3) is 0 Å². The molecule has 0 fully saturated rings. The van der Waals surface area contributed by atoms with Crippen LogP contribution in [0.15, 0.2) is 35.9 Å². The highest BCUT2D eigenvalue weighted by molar-refractivity contribution is 6.65. The number of hydrazine groups is 1. The van der Waals surface area contributed by atoms with Gasteiger partial charge >= 0.3 is 19.0 Å². The average Bonchev–Trinajstić information content (AvgIpc) is 2.98. The number of hydrogen-bond donors (Lipinski definition) is 0. The third-order valence-corrected chi connectivity index (χ3v) is 4.16. The summed E-state index contributed by atoms with van der Waals surface area (Å²) in [7, 11) is 0. The summed E-state index contributed by atoms with van der Waals surface area (Å²) in [6, 6.07) is 6.49. The molecule has 10 heteroatoms. The van der Waals surface area contributed by atoms with Gasteiger partial charge in [0, 0.05) is 0 Å². The Morgan fingerprint density at radius 3 is 2.26 bits per heavy atom. The second-order valence-electron chi connectivity index (χ2n) is 6.16. The van der Waals surface area contributed by atoms with Crippen LogP contribution in [0.3, 0.4) is 0 Å². The van der Waals surface area contributed by atoms with E-state index in [0.29, 0.717) is 5.57 Å². The number of nitrogens with zero attached hydrogens (tertiary/aromatic N) is 2. The van der Waals surface area contributed by atoms with Gasteiger partial charge in [-0.2, -0.15) is 0 Å². The molecule has 0 saturated heterocycles. The molecule has 0 radical (unpaired) electrons. The zero-order valence-electron chi connectivity index (χ0n) is 15.4. The van der Waals surface area contributed by atoms with Gasteiger partial charge in [0.15, 0.2) is 0 Å². The second-order valence-corrected chi connectivity index (χ2v) is 6.16. The van der Waals surface area contributed by atoms with Crippen molar-refractivity contribution < 1.29 is 32.7 Å². The minimum Gasteiger partial charge on any atom is -0.653 e. The van der Waals surface area contributed by atoms with E-state index in [0.717, 1.165) is 10.0 Å². The van der Waals surface area contributed by atoms with Gasteiger partial charge < -0.3 is 23.1 Å². The zero-order chi connectivity index (χ0) is 19.6. The Bertz CT molecular complexity index is 749. The van der Waals surface area contributed by atoms with Crippen LogP contribution in [0.1, 0.15) is 20.8 Å².